The average Bonchev–Trinajstić information content (AvgIpc) is 2.80. The second-order valence-corrected chi connectivity index (χ2v) is 11.4. The second kappa shape index (κ2) is 11.0. The molecule has 0 aliphatic rings. The molecule has 0 aliphatic carbocycles. The van der Waals surface area contributed by atoms with Crippen molar-refractivity contribution in [1.29, 1.82) is 0 Å². The quantitative estimate of drug-likeness (QED) is 0.292. The van der Waals surface area contributed by atoms with Crippen molar-refractivity contribution in [2.75, 3.05) is 51.3 Å². The van der Waals surface area contributed by atoms with Crippen LogP contribution in [0, 0.1) is 0 Å². The lowest BCUT2D eigenvalue weighted by Crippen LogP contribution is -2.36. The summed E-state index contributed by atoms with van der Waals surface area (Å²) in [5, 5.41) is 0. The topological polar surface area (TPSA) is 180 Å². The van der Waals surface area contributed by atoms with Gasteiger partial charge >= 0.3 is 0 Å². The number of nitrogen functional groups attached to an aromatic ring is 2. The van der Waals surface area contributed by atoms with E-state index in [9.17, 15) is 21.6 Å². The van der Waals surface area contributed by atoms with Gasteiger partial charge < -0.3 is 20.9 Å². The number of carbonyl (C=O) groups is 1. The number of hydrogen-bond acceptors (Lipinski definition) is 9. The number of carbonyl (C=O) groups excluding carboxylic acids is 1. The first-order chi connectivity index (χ1) is 15.9. The Kier molecular flexibility index (Phi) is 8.89. The highest BCUT2D eigenvalue weighted by Crippen LogP contribution is 2.38. The molecule has 0 heterocycles. The summed E-state index contributed by atoms with van der Waals surface area (Å²) < 4.78 is 65.2. The van der Waals surface area contributed by atoms with E-state index in [1.807, 2.05) is 0 Å². The van der Waals surface area contributed by atoms with Crippen molar-refractivity contribution in [2.45, 2.75) is 11.8 Å². The molecule has 0 spiro atoms. The number of anilines is 2. The summed E-state index contributed by atoms with van der Waals surface area (Å²) >= 11 is 0. The van der Waals surface area contributed by atoms with E-state index in [-0.39, 0.29) is 22.6 Å². The van der Waals surface area contributed by atoms with E-state index >= 15 is 0 Å². The summed E-state index contributed by atoms with van der Waals surface area (Å²) in [6.45, 7) is 0. The molecule has 0 fully saturated rings. The van der Waals surface area contributed by atoms with E-state index in [4.69, 9.17) is 20.9 Å². The molecule has 0 aromatic heterocycles. The number of rotatable bonds is 12. The molecule has 11 nitrogen and oxygen atoms in total. The summed E-state index contributed by atoms with van der Waals surface area (Å²) in [5.41, 5.74) is 12.8. The zero-order valence-electron chi connectivity index (χ0n) is 19.4. The number of hydrogen-bond donors (Lipinski definition) is 4. The second-order valence-electron chi connectivity index (χ2n) is 7.48. The van der Waals surface area contributed by atoms with E-state index in [2.05, 4.69) is 9.44 Å². The van der Waals surface area contributed by atoms with Crippen LogP contribution in [0.3, 0.4) is 0 Å². The highest BCUT2D eigenvalue weighted by Gasteiger charge is 2.37. The summed E-state index contributed by atoms with van der Waals surface area (Å²) in [5.74, 6) is -4.12. The van der Waals surface area contributed by atoms with E-state index in [1.54, 1.807) is 0 Å². The third kappa shape index (κ3) is 6.59. The van der Waals surface area contributed by atoms with Crippen molar-refractivity contribution in [2.24, 2.45) is 0 Å². The number of methoxy groups -OCH3 is 2. The molecule has 0 aliphatic heterocycles. The molecule has 0 radical (unpaired) electrons. The van der Waals surface area contributed by atoms with Crippen LogP contribution in [0.2, 0.25) is 0 Å². The van der Waals surface area contributed by atoms with Crippen LogP contribution in [-0.2, 0) is 24.8 Å². The largest absolute Gasteiger partial charge is 0.496 e. The van der Waals surface area contributed by atoms with Gasteiger partial charge in [-0.25, -0.2) is 26.3 Å². The summed E-state index contributed by atoms with van der Waals surface area (Å²) in [7, 11) is -2.65. The van der Waals surface area contributed by atoms with Gasteiger partial charge in [-0.1, -0.05) is 12.1 Å². The van der Waals surface area contributed by atoms with Crippen LogP contribution in [0.25, 0.3) is 0 Å². The number of benzene rings is 2. The molecule has 0 saturated heterocycles. The first-order valence-corrected chi connectivity index (χ1v) is 13.4. The molecule has 2 rings (SSSR count). The summed E-state index contributed by atoms with van der Waals surface area (Å²) in [6.07, 6.45) is 0. The van der Waals surface area contributed by atoms with Crippen LogP contribution in [0.5, 0.6) is 11.5 Å². The Hall–Kier alpha value is -2.87. The molecule has 34 heavy (non-hydrogen) atoms. The van der Waals surface area contributed by atoms with Gasteiger partial charge in [-0.05, 0) is 26.2 Å². The minimum Gasteiger partial charge on any atom is -0.496 e. The Morgan fingerprint density at radius 3 is 1.44 bits per heavy atom. The lowest BCUT2D eigenvalue weighted by Gasteiger charge is -2.25. The molecule has 0 amide bonds. The van der Waals surface area contributed by atoms with Gasteiger partial charge in [-0.2, -0.15) is 0 Å². The maximum atomic E-state index is 14.0. The average molecular weight is 515 g/mol. The molecule has 13 heteroatoms. The highest BCUT2D eigenvalue weighted by molar-refractivity contribution is 7.89. The third-order valence-electron chi connectivity index (χ3n) is 5.35. The normalized spacial score (nSPS) is 13.8. The number of Topliss-reactive ketones (excluding diaryl/α,β-unsaturated/α-hetero) is 1. The molecular formula is C21H30N4O7S2. The lowest BCUT2D eigenvalue weighted by molar-refractivity contribution is -0.121. The first kappa shape index (κ1) is 27.4. The van der Waals surface area contributed by atoms with Gasteiger partial charge in [0, 0.05) is 34.6 Å². The maximum absolute atomic E-state index is 14.0. The molecule has 0 bridgehead atoms. The van der Waals surface area contributed by atoms with Crippen LogP contribution < -0.4 is 30.4 Å². The van der Waals surface area contributed by atoms with Gasteiger partial charge in [0.15, 0.2) is 0 Å². The highest BCUT2D eigenvalue weighted by atomic mass is 32.2. The SMILES string of the molecule is CNS(=O)(=O)CC(C(=O)C(CS(=O)(=O)NC)c1ccc(N)cc1OC)c1ccc(N)cc1OC. The van der Waals surface area contributed by atoms with E-state index < -0.39 is 49.2 Å². The van der Waals surface area contributed by atoms with Crippen molar-refractivity contribution in [1.82, 2.24) is 9.44 Å². The first-order valence-electron chi connectivity index (χ1n) is 10.1. The molecule has 0 saturated carbocycles. The Bertz CT molecular complexity index is 1150. The number of sulfonamides is 2. The fourth-order valence-corrected chi connectivity index (χ4v) is 5.43. The van der Waals surface area contributed by atoms with E-state index in [0.29, 0.717) is 11.4 Å². The minimum absolute atomic E-state index is 0.198. The van der Waals surface area contributed by atoms with Crippen LogP contribution in [-0.4, -0.2) is 62.4 Å². The summed E-state index contributed by atoms with van der Waals surface area (Å²) in [6, 6.07) is 8.92. The standard InChI is InChI=1S/C21H30N4O7S2/c1-24-33(27,28)11-17(15-7-5-13(22)9-19(15)31-3)21(26)18(12-34(29,30)25-2)16-8-6-14(23)10-20(16)32-4/h5-10,17-18,24-25H,11-12,22-23H2,1-4H3. The van der Waals surface area contributed by atoms with Gasteiger partial charge in [-0.15, -0.1) is 0 Å². The molecule has 2 atom stereocenters. The Balaban J connectivity index is 2.76. The molecule has 2 aromatic carbocycles. The number of ether oxygens (including phenoxy) is 2. The fourth-order valence-electron chi connectivity index (χ4n) is 3.53. The van der Waals surface area contributed by atoms with Gasteiger partial charge in [0.1, 0.15) is 17.3 Å². The number of ketones is 1. The van der Waals surface area contributed by atoms with Crippen molar-refractivity contribution in [3.63, 3.8) is 0 Å². The summed E-state index contributed by atoms with van der Waals surface area (Å²) in [4.78, 5) is 14.0. The van der Waals surface area contributed by atoms with Crippen LogP contribution >= 0.6 is 0 Å². The van der Waals surface area contributed by atoms with Gasteiger partial charge in [0.2, 0.25) is 20.0 Å². The molecular weight excluding hydrogens is 484 g/mol. The van der Waals surface area contributed by atoms with E-state index in [0.717, 1.165) is 0 Å². The molecule has 188 valence electrons. The predicted octanol–water partition coefficient (Wildman–Crippen LogP) is 0.403. The van der Waals surface area contributed by atoms with Crippen molar-refractivity contribution in [3.05, 3.63) is 47.5 Å². The molecule has 2 aromatic rings. The predicted molar refractivity (Wildman–Crippen MR) is 131 cm³/mol. The van der Waals surface area contributed by atoms with Crippen LogP contribution in [0.15, 0.2) is 36.4 Å². The fraction of sp³-hybridized carbons (Fsp3) is 0.381. The van der Waals surface area contributed by atoms with Gasteiger partial charge in [-0.3, -0.25) is 4.79 Å². The maximum Gasteiger partial charge on any atom is 0.212 e. The zero-order chi connectivity index (χ0) is 25.7. The van der Waals surface area contributed by atoms with Crippen molar-refractivity contribution in [3.8, 4) is 11.5 Å². The minimum atomic E-state index is -3.91. The molecule has 6 N–H and O–H groups in total. The van der Waals surface area contributed by atoms with Crippen molar-refractivity contribution < 1.29 is 31.1 Å². The molecule has 2 unspecified atom stereocenters. The smallest absolute Gasteiger partial charge is 0.212 e. The van der Waals surface area contributed by atoms with Crippen LogP contribution in [0.4, 0.5) is 11.4 Å². The van der Waals surface area contributed by atoms with Gasteiger partial charge in [0.25, 0.3) is 0 Å². The number of nitrogens with one attached hydrogen (secondary N) is 2. The van der Waals surface area contributed by atoms with E-state index in [1.165, 1.54) is 64.7 Å². The van der Waals surface area contributed by atoms with Gasteiger partial charge in [0.05, 0.1) is 37.6 Å². The third-order valence-corrected chi connectivity index (χ3v) is 8.14. The Morgan fingerprint density at radius 1 is 0.794 bits per heavy atom. The Labute approximate surface area is 199 Å². The monoisotopic (exact) mass is 514 g/mol. The zero-order valence-corrected chi connectivity index (χ0v) is 21.0. The Morgan fingerprint density at radius 2 is 1.15 bits per heavy atom. The number of nitrogens with two attached hydrogens (primary N) is 2. The van der Waals surface area contributed by atoms with Crippen LogP contribution in [0.1, 0.15) is 23.0 Å². The lowest BCUT2D eigenvalue weighted by atomic mass is 9.84. The van der Waals surface area contributed by atoms with Crippen molar-refractivity contribution >= 4 is 37.2 Å².